The molecule has 0 radical (unpaired) electrons. The number of aliphatic hydroxyl groups excluding tert-OH is 2. The van der Waals surface area contributed by atoms with Crippen LogP contribution in [0.15, 0.2) is 27.6 Å². The second-order valence-electron chi connectivity index (χ2n) is 4.41. The summed E-state index contributed by atoms with van der Waals surface area (Å²) in [5, 5.41) is 27.8. The number of halogens is 1. The van der Waals surface area contributed by atoms with Gasteiger partial charge in [-0.2, -0.15) is 4.31 Å². The number of β-amino-alcohol motifs (C(OH)–C–C–N with tert-alkyl or cyclic N) is 2. The molecule has 0 aliphatic carbocycles. The maximum Gasteiger partial charge on any atom is 0.335 e. The highest BCUT2D eigenvalue weighted by Crippen LogP contribution is 2.28. The molecule has 1 aromatic rings. The molecular formula is C11H12BrNO6S. The zero-order valence-electron chi connectivity index (χ0n) is 10.1. The van der Waals surface area contributed by atoms with Gasteiger partial charge in [0.15, 0.2) is 0 Å². The highest BCUT2D eigenvalue weighted by atomic mass is 79.9. The van der Waals surface area contributed by atoms with Gasteiger partial charge in [0.1, 0.15) is 0 Å². The van der Waals surface area contributed by atoms with Crippen molar-refractivity contribution in [2.45, 2.75) is 17.1 Å². The molecule has 3 N–H and O–H groups in total. The summed E-state index contributed by atoms with van der Waals surface area (Å²) in [6, 6.07) is 3.65. The Balaban J connectivity index is 2.44. The number of carboxylic acid groups (broad SMARTS) is 1. The van der Waals surface area contributed by atoms with Crippen LogP contribution in [0.3, 0.4) is 0 Å². The highest BCUT2D eigenvalue weighted by molar-refractivity contribution is 9.10. The quantitative estimate of drug-likeness (QED) is 0.687. The maximum atomic E-state index is 12.4. The number of aromatic carboxylic acids is 1. The Morgan fingerprint density at radius 2 is 1.80 bits per heavy atom. The van der Waals surface area contributed by atoms with Crippen molar-refractivity contribution in [3.8, 4) is 0 Å². The van der Waals surface area contributed by atoms with E-state index in [1.165, 1.54) is 12.1 Å². The van der Waals surface area contributed by atoms with Gasteiger partial charge in [0.2, 0.25) is 10.0 Å². The number of nitrogens with zero attached hydrogens (tertiary/aromatic N) is 1. The second kappa shape index (κ2) is 5.41. The second-order valence-corrected chi connectivity index (χ2v) is 7.17. The predicted molar refractivity (Wildman–Crippen MR) is 71.9 cm³/mol. The third-order valence-corrected chi connectivity index (χ3v) is 5.85. The first kappa shape index (κ1) is 15.4. The van der Waals surface area contributed by atoms with Gasteiger partial charge in [-0.3, -0.25) is 0 Å². The number of sulfonamides is 1. The van der Waals surface area contributed by atoms with Crippen LogP contribution in [-0.2, 0) is 10.0 Å². The van der Waals surface area contributed by atoms with Crippen molar-refractivity contribution in [3.05, 3.63) is 28.2 Å². The molecule has 1 fully saturated rings. The first-order valence-corrected chi connectivity index (χ1v) is 7.86. The van der Waals surface area contributed by atoms with Crippen molar-refractivity contribution in [2.24, 2.45) is 0 Å². The maximum absolute atomic E-state index is 12.4. The summed E-state index contributed by atoms with van der Waals surface area (Å²) in [6.45, 7) is -0.458. The number of aliphatic hydroxyl groups is 2. The van der Waals surface area contributed by atoms with Gasteiger partial charge in [0, 0.05) is 17.6 Å². The van der Waals surface area contributed by atoms with E-state index in [0.29, 0.717) is 0 Å². The molecule has 0 bridgehead atoms. The van der Waals surface area contributed by atoms with Crippen LogP contribution in [0.5, 0.6) is 0 Å². The first-order valence-electron chi connectivity index (χ1n) is 5.62. The van der Waals surface area contributed by atoms with Crippen LogP contribution in [0.4, 0.5) is 0 Å². The molecule has 0 amide bonds. The zero-order valence-corrected chi connectivity index (χ0v) is 12.5. The lowest BCUT2D eigenvalue weighted by Gasteiger charge is -2.17. The fourth-order valence-electron chi connectivity index (χ4n) is 1.90. The Kier molecular flexibility index (Phi) is 4.17. The molecule has 0 spiro atoms. The van der Waals surface area contributed by atoms with Gasteiger partial charge in [0.25, 0.3) is 0 Å². The Morgan fingerprint density at radius 3 is 2.30 bits per heavy atom. The van der Waals surface area contributed by atoms with Crippen molar-refractivity contribution < 1.29 is 28.5 Å². The molecule has 1 aromatic carbocycles. The summed E-state index contributed by atoms with van der Waals surface area (Å²) in [6.07, 6.45) is -2.29. The molecule has 2 rings (SSSR count). The fraction of sp³-hybridized carbons (Fsp3) is 0.364. The molecule has 1 heterocycles. The van der Waals surface area contributed by atoms with Crippen LogP contribution < -0.4 is 0 Å². The van der Waals surface area contributed by atoms with E-state index in [-0.39, 0.29) is 28.0 Å². The Labute approximate surface area is 123 Å². The lowest BCUT2D eigenvalue weighted by Crippen LogP contribution is -2.30. The van der Waals surface area contributed by atoms with Crippen LogP contribution in [-0.4, -0.2) is 59.3 Å². The lowest BCUT2D eigenvalue weighted by atomic mass is 10.2. The minimum absolute atomic E-state index is 0.160. The van der Waals surface area contributed by atoms with E-state index in [9.17, 15) is 23.4 Å². The normalized spacial score (nSPS) is 23.9. The van der Waals surface area contributed by atoms with Crippen LogP contribution in [0.1, 0.15) is 10.4 Å². The third-order valence-electron chi connectivity index (χ3n) is 3.02. The van der Waals surface area contributed by atoms with Gasteiger partial charge in [-0.15, -0.1) is 0 Å². The number of carboxylic acids is 1. The minimum Gasteiger partial charge on any atom is -0.478 e. The van der Waals surface area contributed by atoms with Crippen LogP contribution in [0, 0.1) is 0 Å². The van der Waals surface area contributed by atoms with Crippen molar-refractivity contribution in [1.29, 1.82) is 0 Å². The van der Waals surface area contributed by atoms with E-state index in [2.05, 4.69) is 15.9 Å². The first-order chi connectivity index (χ1) is 9.23. The van der Waals surface area contributed by atoms with Crippen molar-refractivity contribution in [3.63, 3.8) is 0 Å². The summed E-state index contributed by atoms with van der Waals surface area (Å²) >= 11 is 3.07. The number of benzene rings is 1. The summed E-state index contributed by atoms with van der Waals surface area (Å²) in [4.78, 5) is 10.7. The minimum atomic E-state index is -3.99. The third kappa shape index (κ3) is 2.72. The van der Waals surface area contributed by atoms with E-state index in [4.69, 9.17) is 5.11 Å². The molecule has 9 heteroatoms. The molecule has 1 saturated heterocycles. The molecule has 0 saturated carbocycles. The van der Waals surface area contributed by atoms with Gasteiger partial charge in [0.05, 0.1) is 22.7 Å². The van der Waals surface area contributed by atoms with E-state index in [0.717, 1.165) is 10.4 Å². The molecule has 20 heavy (non-hydrogen) atoms. The largest absolute Gasteiger partial charge is 0.478 e. The van der Waals surface area contributed by atoms with Crippen LogP contribution in [0.2, 0.25) is 0 Å². The van der Waals surface area contributed by atoms with Gasteiger partial charge in [-0.05, 0) is 34.1 Å². The molecule has 7 nitrogen and oxygen atoms in total. The monoisotopic (exact) mass is 365 g/mol. The number of rotatable bonds is 3. The molecule has 0 aromatic heterocycles. The number of carbonyl (C=O) groups is 1. The molecular weight excluding hydrogens is 354 g/mol. The molecule has 1 aliphatic heterocycles. The van der Waals surface area contributed by atoms with E-state index in [1.807, 2.05) is 0 Å². The predicted octanol–water partition coefficient (Wildman–Crippen LogP) is -0.127. The molecule has 2 atom stereocenters. The van der Waals surface area contributed by atoms with E-state index < -0.39 is 28.2 Å². The Morgan fingerprint density at radius 1 is 1.25 bits per heavy atom. The molecule has 110 valence electrons. The smallest absolute Gasteiger partial charge is 0.335 e. The topological polar surface area (TPSA) is 115 Å². The van der Waals surface area contributed by atoms with Crippen LogP contribution >= 0.6 is 15.9 Å². The standard InChI is InChI=1S/C11H12BrNO6S/c12-7-2-1-6(11(16)17)3-10(7)20(18,19)13-4-8(14)9(15)5-13/h1-3,8-9,14-15H,4-5H2,(H,16,17). The van der Waals surface area contributed by atoms with Crippen molar-refractivity contribution in [2.75, 3.05) is 13.1 Å². The zero-order chi connectivity index (χ0) is 15.1. The average Bonchev–Trinajstić information content (AvgIpc) is 2.70. The SMILES string of the molecule is O=C(O)c1ccc(Br)c(S(=O)(=O)N2CC(O)C(O)C2)c1. The van der Waals surface area contributed by atoms with Crippen LogP contribution in [0.25, 0.3) is 0 Å². The number of hydrogen-bond acceptors (Lipinski definition) is 5. The summed E-state index contributed by atoms with van der Waals surface area (Å²) in [5.74, 6) is -1.24. The van der Waals surface area contributed by atoms with Gasteiger partial charge in [-0.1, -0.05) is 0 Å². The summed E-state index contributed by atoms with van der Waals surface area (Å²) < 4.78 is 25.9. The van der Waals surface area contributed by atoms with Gasteiger partial charge in [-0.25, -0.2) is 13.2 Å². The lowest BCUT2D eigenvalue weighted by molar-refractivity contribution is 0.0572. The summed E-state index contributed by atoms with van der Waals surface area (Å²) in [5.41, 5.74) is -0.160. The van der Waals surface area contributed by atoms with E-state index in [1.54, 1.807) is 0 Å². The number of hydrogen-bond donors (Lipinski definition) is 3. The highest BCUT2D eigenvalue weighted by Gasteiger charge is 2.38. The van der Waals surface area contributed by atoms with E-state index >= 15 is 0 Å². The average molecular weight is 366 g/mol. The molecule has 1 aliphatic rings. The van der Waals surface area contributed by atoms with Gasteiger partial charge < -0.3 is 15.3 Å². The van der Waals surface area contributed by atoms with Crippen molar-refractivity contribution in [1.82, 2.24) is 4.31 Å². The Hall–Kier alpha value is -1.00. The summed E-state index contributed by atoms with van der Waals surface area (Å²) in [7, 11) is -3.99. The fourth-order valence-corrected chi connectivity index (χ4v) is 4.33. The Bertz CT molecular complexity index is 636. The van der Waals surface area contributed by atoms with Crippen molar-refractivity contribution >= 4 is 31.9 Å². The molecule has 2 unspecified atom stereocenters. The van der Waals surface area contributed by atoms with Gasteiger partial charge >= 0.3 is 5.97 Å².